The topological polar surface area (TPSA) is 38.9 Å². The normalized spacial score (nSPS) is 26.2. The van der Waals surface area contributed by atoms with Gasteiger partial charge < -0.3 is 4.52 Å². The second-order valence-electron chi connectivity index (χ2n) is 5.12. The fourth-order valence-corrected chi connectivity index (χ4v) is 2.59. The second kappa shape index (κ2) is 4.60. The Bertz CT molecular complexity index is 575. The zero-order chi connectivity index (χ0) is 13.5. The number of nitrogens with zero attached hydrogens (tertiary/aromatic N) is 2. The quantitative estimate of drug-likeness (QED) is 0.802. The fraction of sp³-hybridized carbons (Fsp3) is 0.429. The minimum Gasteiger partial charge on any atom is -0.338 e. The zero-order valence-electron chi connectivity index (χ0n) is 10.6. The van der Waals surface area contributed by atoms with Crippen molar-refractivity contribution in [3.05, 3.63) is 47.1 Å². The van der Waals surface area contributed by atoms with Gasteiger partial charge in [-0.05, 0) is 25.3 Å². The number of aryl methyl sites for hydroxylation is 1. The first-order chi connectivity index (χ1) is 9.10. The summed E-state index contributed by atoms with van der Waals surface area (Å²) in [5.74, 6) is 1.17. The van der Waals surface area contributed by atoms with Gasteiger partial charge in [-0.15, -0.1) is 11.6 Å². The zero-order valence-corrected chi connectivity index (χ0v) is 11.3. The fourth-order valence-electron chi connectivity index (χ4n) is 2.48. The van der Waals surface area contributed by atoms with Gasteiger partial charge in [-0.3, -0.25) is 0 Å². The van der Waals surface area contributed by atoms with E-state index >= 15 is 0 Å². The molecule has 0 unspecified atom stereocenters. The molecule has 0 aliphatic heterocycles. The molecule has 3 nitrogen and oxygen atoms in total. The van der Waals surface area contributed by atoms with Gasteiger partial charge in [-0.2, -0.15) is 4.98 Å². The average Bonchev–Trinajstić information content (AvgIpc) is 2.84. The predicted octanol–water partition coefficient (Wildman–Crippen LogP) is 3.86. The van der Waals surface area contributed by atoms with Gasteiger partial charge in [0.25, 0.3) is 0 Å². The van der Waals surface area contributed by atoms with Crippen LogP contribution in [0, 0.1) is 6.92 Å². The standard InChI is InChI=1S/C14H14ClFN2O/c1-9-2-4-11(5-3-9)14(16)6-10(7-14)13-17-12(8-15)19-18-13/h2-5,10H,6-8H2,1H3. The minimum atomic E-state index is -1.26. The molecule has 0 N–H and O–H groups in total. The van der Waals surface area contributed by atoms with E-state index in [2.05, 4.69) is 10.1 Å². The molecule has 0 radical (unpaired) electrons. The Hall–Kier alpha value is -1.42. The van der Waals surface area contributed by atoms with Crippen molar-refractivity contribution in [2.45, 2.75) is 37.2 Å². The molecule has 0 saturated heterocycles. The van der Waals surface area contributed by atoms with E-state index in [4.69, 9.17) is 16.1 Å². The summed E-state index contributed by atoms with van der Waals surface area (Å²) in [5, 5.41) is 3.85. The molecule has 19 heavy (non-hydrogen) atoms. The average molecular weight is 281 g/mol. The third kappa shape index (κ3) is 2.25. The van der Waals surface area contributed by atoms with Crippen LogP contribution in [0.2, 0.25) is 0 Å². The van der Waals surface area contributed by atoms with Gasteiger partial charge in [-0.1, -0.05) is 35.0 Å². The molecule has 1 saturated carbocycles. The van der Waals surface area contributed by atoms with E-state index in [-0.39, 0.29) is 11.8 Å². The lowest BCUT2D eigenvalue weighted by Crippen LogP contribution is -2.36. The first-order valence-corrected chi connectivity index (χ1v) is 6.79. The highest BCUT2D eigenvalue weighted by molar-refractivity contribution is 6.16. The Morgan fingerprint density at radius 3 is 2.63 bits per heavy atom. The molecule has 0 amide bonds. The number of benzene rings is 1. The van der Waals surface area contributed by atoms with Crippen LogP contribution in [0.3, 0.4) is 0 Å². The molecular formula is C14H14ClFN2O. The van der Waals surface area contributed by atoms with Crippen molar-refractivity contribution in [3.63, 3.8) is 0 Å². The van der Waals surface area contributed by atoms with Crippen molar-refractivity contribution < 1.29 is 8.91 Å². The van der Waals surface area contributed by atoms with Crippen molar-refractivity contribution in [2.75, 3.05) is 0 Å². The predicted molar refractivity (Wildman–Crippen MR) is 69.8 cm³/mol. The van der Waals surface area contributed by atoms with Gasteiger partial charge >= 0.3 is 0 Å². The number of alkyl halides is 2. The van der Waals surface area contributed by atoms with Gasteiger partial charge in [0.1, 0.15) is 11.5 Å². The molecule has 3 rings (SSSR count). The third-order valence-corrected chi connectivity index (χ3v) is 3.90. The Morgan fingerprint density at radius 1 is 1.37 bits per heavy atom. The summed E-state index contributed by atoms with van der Waals surface area (Å²) in [5.41, 5.74) is 0.601. The van der Waals surface area contributed by atoms with Crippen LogP contribution in [0.1, 0.15) is 41.6 Å². The van der Waals surface area contributed by atoms with E-state index in [9.17, 15) is 4.39 Å². The molecule has 1 fully saturated rings. The second-order valence-corrected chi connectivity index (χ2v) is 5.38. The molecule has 1 aliphatic rings. The summed E-state index contributed by atoms with van der Waals surface area (Å²) < 4.78 is 19.6. The summed E-state index contributed by atoms with van der Waals surface area (Å²) in [7, 11) is 0. The monoisotopic (exact) mass is 280 g/mol. The molecule has 1 aromatic carbocycles. The minimum absolute atomic E-state index is 0.0204. The first-order valence-electron chi connectivity index (χ1n) is 6.25. The summed E-state index contributed by atoms with van der Waals surface area (Å²) >= 11 is 5.60. The van der Waals surface area contributed by atoms with E-state index in [1.807, 2.05) is 31.2 Å². The largest absolute Gasteiger partial charge is 0.338 e. The number of rotatable bonds is 3. The lowest BCUT2D eigenvalue weighted by atomic mass is 9.68. The maximum absolute atomic E-state index is 14.7. The highest BCUT2D eigenvalue weighted by Gasteiger charge is 2.48. The number of aromatic nitrogens is 2. The van der Waals surface area contributed by atoms with Crippen molar-refractivity contribution >= 4 is 11.6 Å². The molecule has 1 aromatic heterocycles. The van der Waals surface area contributed by atoms with Crippen LogP contribution >= 0.6 is 11.6 Å². The van der Waals surface area contributed by atoms with Gasteiger partial charge in [0.15, 0.2) is 5.82 Å². The Morgan fingerprint density at radius 2 is 2.05 bits per heavy atom. The maximum atomic E-state index is 14.7. The Kier molecular flexibility index (Phi) is 3.05. The molecule has 0 spiro atoms. The summed E-state index contributed by atoms with van der Waals surface area (Å²) in [6.07, 6.45) is 0.800. The molecule has 5 heteroatoms. The van der Waals surface area contributed by atoms with Gasteiger partial charge in [0.2, 0.25) is 5.89 Å². The van der Waals surface area contributed by atoms with Crippen molar-refractivity contribution in [1.29, 1.82) is 0 Å². The van der Waals surface area contributed by atoms with E-state index < -0.39 is 5.67 Å². The van der Waals surface area contributed by atoms with Gasteiger partial charge in [0, 0.05) is 5.92 Å². The summed E-state index contributed by atoms with van der Waals surface area (Å²) in [6.45, 7) is 1.99. The first kappa shape index (κ1) is 12.6. The molecule has 0 atom stereocenters. The van der Waals surface area contributed by atoms with Gasteiger partial charge in [-0.25, -0.2) is 4.39 Å². The Balaban J connectivity index is 1.72. The number of halogens is 2. The van der Waals surface area contributed by atoms with Gasteiger partial charge in [0.05, 0.1) is 0 Å². The van der Waals surface area contributed by atoms with Crippen molar-refractivity contribution in [2.24, 2.45) is 0 Å². The van der Waals surface area contributed by atoms with Crippen LogP contribution in [0.4, 0.5) is 4.39 Å². The van der Waals surface area contributed by atoms with E-state index in [1.165, 1.54) is 0 Å². The van der Waals surface area contributed by atoms with Crippen molar-refractivity contribution in [3.8, 4) is 0 Å². The van der Waals surface area contributed by atoms with Crippen LogP contribution in [0.25, 0.3) is 0 Å². The molecule has 0 bridgehead atoms. The maximum Gasteiger partial charge on any atom is 0.241 e. The number of hydrogen-bond acceptors (Lipinski definition) is 3. The summed E-state index contributed by atoms with van der Waals surface area (Å²) in [4.78, 5) is 4.15. The molecule has 2 aromatic rings. The third-order valence-electron chi connectivity index (χ3n) is 3.67. The highest BCUT2D eigenvalue weighted by Crippen LogP contribution is 2.52. The van der Waals surface area contributed by atoms with E-state index in [0.29, 0.717) is 24.6 Å². The lowest BCUT2D eigenvalue weighted by molar-refractivity contribution is 0.0336. The summed E-state index contributed by atoms with van der Waals surface area (Å²) in [6, 6.07) is 7.58. The molecular weight excluding hydrogens is 267 g/mol. The highest BCUT2D eigenvalue weighted by atomic mass is 35.5. The van der Waals surface area contributed by atoms with E-state index in [0.717, 1.165) is 11.1 Å². The van der Waals surface area contributed by atoms with Crippen LogP contribution in [-0.2, 0) is 11.5 Å². The molecule has 1 heterocycles. The van der Waals surface area contributed by atoms with E-state index in [1.54, 1.807) is 0 Å². The van der Waals surface area contributed by atoms with Crippen LogP contribution < -0.4 is 0 Å². The smallest absolute Gasteiger partial charge is 0.241 e. The lowest BCUT2D eigenvalue weighted by Gasteiger charge is -2.40. The van der Waals surface area contributed by atoms with Crippen LogP contribution in [-0.4, -0.2) is 10.1 Å². The van der Waals surface area contributed by atoms with Crippen LogP contribution in [0.5, 0.6) is 0 Å². The SMILES string of the molecule is Cc1ccc(C2(F)CC(c3noc(CCl)n3)C2)cc1. The molecule has 100 valence electrons. The number of hydrogen-bond donors (Lipinski definition) is 0. The van der Waals surface area contributed by atoms with Crippen molar-refractivity contribution in [1.82, 2.24) is 10.1 Å². The molecule has 1 aliphatic carbocycles. The van der Waals surface area contributed by atoms with Crippen LogP contribution in [0.15, 0.2) is 28.8 Å². The Labute approximate surface area is 115 Å².